The van der Waals surface area contributed by atoms with Crippen LogP contribution in [0.25, 0.3) is 0 Å². The second kappa shape index (κ2) is 2.10. The first-order chi connectivity index (χ1) is 3.42. The zero-order valence-electron chi connectivity index (χ0n) is 4.08. The van der Waals surface area contributed by atoms with Crippen molar-refractivity contribution in [2.75, 3.05) is 0 Å². The highest BCUT2D eigenvalue weighted by Gasteiger charge is 2.02. The van der Waals surface area contributed by atoms with Crippen LogP contribution >= 0.6 is 0 Å². The van der Waals surface area contributed by atoms with Gasteiger partial charge in [0.05, 0.1) is 0 Å². The normalized spacial score (nSPS) is 10.8. The molecule has 6 heteroatoms. The SMILES string of the molecule is CC(=O)NS(=O)(=O)O. The maximum absolute atomic E-state index is 9.81. The average molecular weight is 139 g/mol. The number of hydrogen-bond donors (Lipinski definition) is 2. The van der Waals surface area contributed by atoms with E-state index in [1.165, 1.54) is 4.72 Å². The lowest BCUT2D eigenvalue weighted by molar-refractivity contribution is -0.117. The van der Waals surface area contributed by atoms with Crippen LogP contribution in [0.4, 0.5) is 0 Å². The van der Waals surface area contributed by atoms with Crippen LogP contribution in [0.1, 0.15) is 6.92 Å². The average Bonchev–Trinajstić information content (AvgIpc) is 1.21. The molecule has 0 atom stereocenters. The van der Waals surface area contributed by atoms with Gasteiger partial charge in [0.2, 0.25) is 5.91 Å². The van der Waals surface area contributed by atoms with Gasteiger partial charge < -0.3 is 0 Å². The summed E-state index contributed by atoms with van der Waals surface area (Å²) in [6.07, 6.45) is 0. The molecule has 2 N–H and O–H groups in total. The summed E-state index contributed by atoms with van der Waals surface area (Å²) in [5.74, 6) is -0.812. The molecule has 48 valence electrons. The quantitative estimate of drug-likeness (QED) is 0.453. The summed E-state index contributed by atoms with van der Waals surface area (Å²) in [7, 11) is -4.32. The molecule has 0 aromatic heterocycles. The third-order valence-electron chi connectivity index (χ3n) is 0.273. The Morgan fingerprint density at radius 3 is 2.00 bits per heavy atom. The smallest absolute Gasteiger partial charge is 0.274 e. The minimum absolute atomic E-state index is 0.812. The monoisotopic (exact) mass is 139 g/mol. The highest BCUT2D eigenvalue weighted by atomic mass is 32.2. The fourth-order valence-corrected chi connectivity index (χ4v) is 0.545. The van der Waals surface area contributed by atoms with E-state index in [-0.39, 0.29) is 0 Å². The number of carbonyl (C=O) groups is 1. The third kappa shape index (κ3) is 5.38. The van der Waals surface area contributed by atoms with Gasteiger partial charge in [-0.25, -0.2) is 4.72 Å². The second-order valence-electron chi connectivity index (χ2n) is 1.13. The first kappa shape index (κ1) is 7.38. The molecule has 1 amide bonds. The Labute approximate surface area is 46.6 Å². The molecule has 0 radical (unpaired) electrons. The maximum atomic E-state index is 9.81. The largest absolute Gasteiger partial charge is 0.359 e. The first-order valence-electron chi connectivity index (χ1n) is 1.67. The van der Waals surface area contributed by atoms with Crippen LogP contribution in [-0.2, 0) is 15.1 Å². The molecule has 0 bridgehead atoms. The van der Waals surface area contributed by atoms with Crippen LogP contribution in [0.2, 0.25) is 0 Å². The van der Waals surface area contributed by atoms with Crippen molar-refractivity contribution in [3.63, 3.8) is 0 Å². The predicted octanol–water partition coefficient (Wildman–Crippen LogP) is -1.07. The molecular weight excluding hydrogens is 134 g/mol. The van der Waals surface area contributed by atoms with Gasteiger partial charge in [0.25, 0.3) is 0 Å². The number of amides is 1. The summed E-state index contributed by atoms with van der Waals surface area (Å²) in [6.45, 7) is 0.980. The maximum Gasteiger partial charge on any atom is 0.359 e. The Morgan fingerprint density at radius 2 is 2.00 bits per heavy atom. The van der Waals surface area contributed by atoms with Crippen molar-refractivity contribution in [1.29, 1.82) is 0 Å². The summed E-state index contributed by atoms with van der Waals surface area (Å²) in [6, 6.07) is 0. The highest BCUT2D eigenvalue weighted by molar-refractivity contribution is 7.84. The molecule has 0 rings (SSSR count). The Balaban J connectivity index is 3.95. The van der Waals surface area contributed by atoms with E-state index in [2.05, 4.69) is 0 Å². The van der Waals surface area contributed by atoms with Gasteiger partial charge in [0.15, 0.2) is 0 Å². The van der Waals surface area contributed by atoms with Crippen LogP contribution < -0.4 is 4.72 Å². The van der Waals surface area contributed by atoms with E-state index < -0.39 is 16.2 Å². The van der Waals surface area contributed by atoms with Crippen molar-refractivity contribution in [2.45, 2.75) is 6.92 Å². The van der Waals surface area contributed by atoms with Gasteiger partial charge in [-0.05, 0) is 0 Å². The molecule has 8 heavy (non-hydrogen) atoms. The van der Waals surface area contributed by atoms with E-state index in [0.717, 1.165) is 6.92 Å². The topological polar surface area (TPSA) is 83.5 Å². The van der Waals surface area contributed by atoms with Crippen molar-refractivity contribution in [3.8, 4) is 0 Å². The number of hydrogen-bond acceptors (Lipinski definition) is 3. The zero-order chi connectivity index (χ0) is 6.78. The van der Waals surface area contributed by atoms with Crippen molar-refractivity contribution >= 4 is 16.2 Å². The van der Waals surface area contributed by atoms with E-state index in [4.69, 9.17) is 4.55 Å². The summed E-state index contributed by atoms with van der Waals surface area (Å²) < 4.78 is 28.4. The van der Waals surface area contributed by atoms with Gasteiger partial charge in [-0.1, -0.05) is 0 Å². The Bertz CT molecular complexity index is 180. The van der Waals surface area contributed by atoms with E-state index in [0.29, 0.717) is 0 Å². The molecule has 0 unspecified atom stereocenters. The van der Waals surface area contributed by atoms with E-state index in [1.807, 2.05) is 0 Å². The number of nitrogens with one attached hydrogen (secondary N) is 1. The molecule has 0 aromatic rings. The molecular formula is C2H5NO4S. The molecule has 0 fully saturated rings. The highest BCUT2D eigenvalue weighted by Crippen LogP contribution is 1.69. The van der Waals surface area contributed by atoms with E-state index in [9.17, 15) is 13.2 Å². The van der Waals surface area contributed by atoms with E-state index >= 15 is 0 Å². The lowest BCUT2D eigenvalue weighted by atomic mass is 10.8. The van der Waals surface area contributed by atoms with Crippen LogP contribution in [0.3, 0.4) is 0 Å². The fourth-order valence-electron chi connectivity index (χ4n) is 0.182. The second-order valence-corrected chi connectivity index (χ2v) is 2.29. The van der Waals surface area contributed by atoms with Gasteiger partial charge in [-0.2, -0.15) is 8.42 Å². The lowest BCUT2D eigenvalue weighted by Crippen LogP contribution is -2.26. The van der Waals surface area contributed by atoms with Crippen LogP contribution in [0.5, 0.6) is 0 Å². The minimum Gasteiger partial charge on any atom is -0.274 e. The summed E-state index contributed by atoms with van der Waals surface area (Å²) in [5.41, 5.74) is 0. The number of carbonyl (C=O) groups excluding carboxylic acids is 1. The lowest BCUT2D eigenvalue weighted by Gasteiger charge is -1.91. The fraction of sp³-hybridized carbons (Fsp3) is 0.500. The Hall–Kier alpha value is -0.620. The predicted molar refractivity (Wildman–Crippen MR) is 25.4 cm³/mol. The van der Waals surface area contributed by atoms with Gasteiger partial charge in [0.1, 0.15) is 0 Å². The Kier molecular flexibility index (Phi) is 1.94. The van der Waals surface area contributed by atoms with E-state index in [1.54, 1.807) is 0 Å². The van der Waals surface area contributed by atoms with Crippen molar-refractivity contribution < 1.29 is 17.8 Å². The molecule has 0 spiro atoms. The molecule has 5 nitrogen and oxygen atoms in total. The summed E-state index contributed by atoms with van der Waals surface area (Å²) in [5, 5.41) is 0. The first-order valence-corrected chi connectivity index (χ1v) is 3.11. The molecule has 0 saturated carbocycles. The summed E-state index contributed by atoms with van der Waals surface area (Å²) >= 11 is 0. The molecule has 0 aromatic carbocycles. The minimum atomic E-state index is -4.32. The van der Waals surface area contributed by atoms with Crippen molar-refractivity contribution in [1.82, 2.24) is 4.72 Å². The Morgan fingerprint density at radius 1 is 1.62 bits per heavy atom. The van der Waals surface area contributed by atoms with Crippen LogP contribution in [0.15, 0.2) is 0 Å². The standard InChI is InChI=1S/C2H5NO4S/c1-2(4)3-8(5,6)7/h1H3,(H,3,4)(H,5,6,7). The van der Waals surface area contributed by atoms with Crippen molar-refractivity contribution in [3.05, 3.63) is 0 Å². The van der Waals surface area contributed by atoms with Gasteiger partial charge in [-0.15, -0.1) is 0 Å². The zero-order valence-corrected chi connectivity index (χ0v) is 4.90. The molecule has 0 aliphatic rings. The van der Waals surface area contributed by atoms with Crippen LogP contribution in [0, 0.1) is 0 Å². The van der Waals surface area contributed by atoms with Gasteiger partial charge in [-0.3, -0.25) is 9.35 Å². The molecule has 0 saturated heterocycles. The van der Waals surface area contributed by atoms with Gasteiger partial charge >= 0.3 is 10.3 Å². The third-order valence-corrected chi connectivity index (χ3v) is 0.818. The van der Waals surface area contributed by atoms with Crippen LogP contribution in [-0.4, -0.2) is 18.9 Å². The van der Waals surface area contributed by atoms with Crippen molar-refractivity contribution in [2.24, 2.45) is 0 Å². The van der Waals surface area contributed by atoms with Gasteiger partial charge in [0, 0.05) is 6.92 Å². The summed E-state index contributed by atoms with van der Waals surface area (Å²) in [4.78, 5) is 9.81. The molecule has 0 heterocycles. The number of rotatable bonds is 1. The molecule has 0 aliphatic carbocycles. The molecule has 0 aliphatic heterocycles.